The molecule has 0 N–H and O–H groups in total. The zero-order valence-corrected chi connectivity index (χ0v) is 7.63. The zero-order valence-electron chi connectivity index (χ0n) is 4.78. The zero-order chi connectivity index (χ0) is 5.54. The van der Waals surface area contributed by atoms with E-state index < -0.39 is 0 Å². The summed E-state index contributed by atoms with van der Waals surface area (Å²) in [6.45, 7) is 2.22. The SMILES string of the molecule is CCCCC=[CH][Sn+3]. The summed E-state index contributed by atoms with van der Waals surface area (Å²) in [7, 11) is 0. The molecule has 0 bridgehead atoms. The number of allylic oxidation sites excluding steroid dienone is 1. The van der Waals surface area contributed by atoms with Gasteiger partial charge in [0, 0.05) is 0 Å². The number of unbranched alkanes of at least 4 members (excludes halogenated alkanes) is 2. The van der Waals surface area contributed by atoms with E-state index in [0.717, 1.165) is 0 Å². The molecule has 0 saturated carbocycles. The van der Waals surface area contributed by atoms with Gasteiger partial charge in [-0.15, -0.1) is 0 Å². The summed E-state index contributed by atoms with van der Waals surface area (Å²) >= 11 is 1.52. The summed E-state index contributed by atoms with van der Waals surface area (Å²) in [6.07, 6.45) is 6.20. The van der Waals surface area contributed by atoms with Crippen LogP contribution in [0.5, 0.6) is 0 Å². The summed E-state index contributed by atoms with van der Waals surface area (Å²) < 4.78 is 2.20. The molecule has 0 unspecified atom stereocenters. The van der Waals surface area contributed by atoms with Gasteiger partial charge in [0.1, 0.15) is 0 Å². The van der Waals surface area contributed by atoms with E-state index in [0.29, 0.717) is 0 Å². The van der Waals surface area contributed by atoms with Gasteiger partial charge in [-0.3, -0.25) is 0 Å². The van der Waals surface area contributed by atoms with E-state index in [9.17, 15) is 0 Å². The van der Waals surface area contributed by atoms with E-state index >= 15 is 0 Å². The molecular weight excluding hydrogens is 191 g/mol. The molecule has 0 radical (unpaired) electrons. The van der Waals surface area contributed by atoms with E-state index in [4.69, 9.17) is 0 Å². The van der Waals surface area contributed by atoms with Gasteiger partial charge < -0.3 is 0 Å². The number of hydrogen-bond acceptors (Lipinski definition) is 0. The van der Waals surface area contributed by atoms with Gasteiger partial charge in [0.2, 0.25) is 0 Å². The monoisotopic (exact) mass is 203 g/mol. The summed E-state index contributed by atoms with van der Waals surface area (Å²) in [5.74, 6) is 0. The first-order valence-electron chi connectivity index (χ1n) is 2.74. The fourth-order valence-electron chi connectivity index (χ4n) is 0.405. The topological polar surface area (TPSA) is 0 Å². The third kappa shape index (κ3) is 6.54. The predicted molar refractivity (Wildman–Crippen MR) is 34.4 cm³/mol. The van der Waals surface area contributed by atoms with Gasteiger partial charge >= 0.3 is 58.9 Å². The van der Waals surface area contributed by atoms with Crippen LogP contribution in [0, 0.1) is 0 Å². The fraction of sp³-hybridized carbons (Fsp3) is 0.667. The first kappa shape index (κ1) is 7.54. The molecule has 0 spiro atoms. The molecule has 0 saturated heterocycles. The quantitative estimate of drug-likeness (QED) is 0.483. The van der Waals surface area contributed by atoms with Crippen molar-refractivity contribution in [2.75, 3.05) is 0 Å². The van der Waals surface area contributed by atoms with Crippen molar-refractivity contribution in [3.63, 3.8) is 0 Å². The minimum absolute atomic E-state index is 1.28. The maximum absolute atomic E-state index is 2.25. The Morgan fingerprint density at radius 2 is 2.29 bits per heavy atom. The van der Waals surface area contributed by atoms with Crippen LogP contribution in [0.3, 0.4) is 0 Å². The van der Waals surface area contributed by atoms with E-state index in [1.807, 2.05) is 0 Å². The van der Waals surface area contributed by atoms with Gasteiger partial charge in [-0.05, 0) is 0 Å². The molecule has 0 rings (SSSR count). The van der Waals surface area contributed by atoms with Crippen LogP contribution in [0.25, 0.3) is 0 Å². The van der Waals surface area contributed by atoms with Crippen LogP contribution in [-0.2, 0) is 0 Å². The van der Waals surface area contributed by atoms with Crippen molar-refractivity contribution in [1.82, 2.24) is 0 Å². The summed E-state index contributed by atoms with van der Waals surface area (Å²) in [5, 5.41) is 0. The molecule has 0 heterocycles. The molecule has 0 fully saturated rings. The Hall–Kier alpha value is 0.539. The summed E-state index contributed by atoms with van der Waals surface area (Å²) in [4.78, 5) is 0. The van der Waals surface area contributed by atoms with Crippen LogP contribution in [0.2, 0.25) is 0 Å². The average Bonchev–Trinajstić information content (AvgIpc) is 1.69. The van der Waals surface area contributed by atoms with Crippen LogP contribution in [0.1, 0.15) is 26.2 Å². The first-order valence-corrected chi connectivity index (χ1v) is 4.39. The second-order valence-electron chi connectivity index (χ2n) is 1.54. The van der Waals surface area contributed by atoms with E-state index in [2.05, 4.69) is 17.1 Å². The van der Waals surface area contributed by atoms with Crippen LogP contribution < -0.4 is 0 Å². The molecule has 0 aliphatic carbocycles. The molecule has 0 aromatic heterocycles. The number of hydrogen-bond donors (Lipinski definition) is 0. The van der Waals surface area contributed by atoms with Crippen LogP contribution in [-0.4, -0.2) is 22.5 Å². The third-order valence-electron chi connectivity index (χ3n) is 0.842. The molecule has 0 nitrogen and oxygen atoms in total. The Labute approximate surface area is 59.1 Å². The molecule has 1 heteroatoms. The predicted octanol–water partition coefficient (Wildman–Crippen LogP) is 1.86. The molecule has 0 aliphatic rings. The molecule has 0 atom stereocenters. The van der Waals surface area contributed by atoms with Gasteiger partial charge in [-0.1, -0.05) is 0 Å². The van der Waals surface area contributed by atoms with Crippen LogP contribution in [0.15, 0.2) is 10.2 Å². The van der Waals surface area contributed by atoms with E-state index in [1.165, 1.54) is 41.8 Å². The minimum atomic E-state index is 1.28. The fourth-order valence-corrected chi connectivity index (χ4v) is 0.881. The Balaban J connectivity index is 2.69. The van der Waals surface area contributed by atoms with Crippen molar-refractivity contribution >= 4 is 22.5 Å². The molecule has 0 aromatic rings. The van der Waals surface area contributed by atoms with E-state index in [1.54, 1.807) is 0 Å². The van der Waals surface area contributed by atoms with Crippen LogP contribution >= 0.6 is 0 Å². The Bertz CT molecular complexity index is 48.1. The average molecular weight is 202 g/mol. The van der Waals surface area contributed by atoms with Crippen LogP contribution in [0.4, 0.5) is 0 Å². The Kier molecular flexibility index (Phi) is 7.04. The molecule has 36 valence electrons. The first-order chi connectivity index (χ1) is 3.41. The molecule has 0 aliphatic heterocycles. The van der Waals surface area contributed by atoms with Crippen molar-refractivity contribution in [3.8, 4) is 0 Å². The maximum atomic E-state index is 2.25. The molecule has 0 aromatic carbocycles. The number of rotatable bonds is 3. The summed E-state index contributed by atoms with van der Waals surface area (Å²) in [5.41, 5.74) is 0. The molecule has 0 amide bonds. The van der Waals surface area contributed by atoms with Gasteiger partial charge in [-0.2, -0.15) is 0 Å². The Morgan fingerprint density at radius 3 is 2.71 bits per heavy atom. The van der Waals surface area contributed by atoms with Gasteiger partial charge in [0.25, 0.3) is 0 Å². The third-order valence-corrected chi connectivity index (χ3v) is 1.51. The molecule has 7 heavy (non-hydrogen) atoms. The summed E-state index contributed by atoms with van der Waals surface area (Å²) in [6, 6.07) is 0. The second-order valence-corrected chi connectivity index (χ2v) is 2.50. The van der Waals surface area contributed by atoms with Crippen molar-refractivity contribution in [3.05, 3.63) is 10.2 Å². The van der Waals surface area contributed by atoms with Gasteiger partial charge in [0.05, 0.1) is 0 Å². The normalized spacial score (nSPS) is 10.7. The van der Waals surface area contributed by atoms with E-state index in [-0.39, 0.29) is 0 Å². The molecular formula is C6H11Sn+3. The van der Waals surface area contributed by atoms with Crippen molar-refractivity contribution < 1.29 is 0 Å². The van der Waals surface area contributed by atoms with Crippen molar-refractivity contribution in [2.24, 2.45) is 0 Å². The second kappa shape index (κ2) is 6.54. The van der Waals surface area contributed by atoms with Gasteiger partial charge in [-0.25, -0.2) is 0 Å². The van der Waals surface area contributed by atoms with Crippen molar-refractivity contribution in [2.45, 2.75) is 26.2 Å². The van der Waals surface area contributed by atoms with Gasteiger partial charge in [0.15, 0.2) is 0 Å². The standard InChI is InChI=1S/C6H11.Sn/c1-3-5-6-4-2;/h1,3H,4-6H2,2H3;/q;+3. The van der Waals surface area contributed by atoms with Crippen molar-refractivity contribution in [1.29, 1.82) is 0 Å². The Morgan fingerprint density at radius 1 is 1.57 bits per heavy atom.